The van der Waals surface area contributed by atoms with Crippen LogP contribution in [-0.4, -0.2) is 16.9 Å². The van der Waals surface area contributed by atoms with E-state index in [1.165, 1.54) is 11.3 Å². The number of primary amides is 1. The number of benzene rings is 1. The van der Waals surface area contributed by atoms with Crippen molar-refractivity contribution in [2.45, 2.75) is 40.0 Å². The molecule has 0 saturated heterocycles. The van der Waals surface area contributed by atoms with Gasteiger partial charge in [-0.1, -0.05) is 48.8 Å². The number of nitrogens with one attached hydrogen (secondary N) is 2. The highest BCUT2D eigenvalue weighted by atomic mass is 79.9. The fraction of sp³-hybridized carbons (Fsp3) is 0.320. The molecule has 0 radical (unpaired) electrons. The second-order valence-electron chi connectivity index (χ2n) is 9.46. The van der Waals surface area contributed by atoms with Crippen molar-refractivity contribution >= 4 is 61.4 Å². The summed E-state index contributed by atoms with van der Waals surface area (Å²) in [5.41, 5.74) is 8.23. The summed E-state index contributed by atoms with van der Waals surface area (Å²) in [6.45, 7) is 6.73. The van der Waals surface area contributed by atoms with Crippen molar-refractivity contribution in [3.8, 4) is 11.3 Å². The number of anilines is 1. The topological polar surface area (TPSA) is 97.4 Å². The number of rotatable bonds is 4. The minimum atomic E-state index is -0.492. The Hall–Kier alpha value is -2.49. The van der Waals surface area contributed by atoms with E-state index < -0.39 is 11.8 Å². The maximum Gasteiger partial charge on any atom is 0.293 e. The van der Waals surface area contributed by atoms with Crippen LogP contribution in [0.3, 0.4) is 0 Å². The Bertz CT molecular complexity index is 1260. The molecule has 1 aromatic carbocycles. The smallest absolute Gasteiger partial charge is 0.293 e. The molecule has 2 heterocycles. The van der Waals surface area contributed by atoms with E-state index in [1.807, 2.05) is 24.3 Å². The average Bonchev–Trinajstić information content (AvgIpc) is 3.37. The summed E-state index contributed by atoms with van der Waals surface area (Å²) in [6, 6.07) is 10.9. The molecule has 0 spiro atoms. The molecule has 1 atom stereocenters. The molecule has 0 saturated carbocycles. The summed E-state index contributed by atoms with van der Waals surface area (Å²) in [5, 5.41) is 6.31. The molecule has 9 heteroatoms. The fourth-order valence-corrected chi connectivity index (χ4v) is 6.06. The summed E-state index contributed by atoms with van der Waals surface area (Å²) in [4.78, 5) is 26.1. The van der Waals surface area contributed by atoms with Gasteiger partial charge in [0.2, 0.25) is 0 Å². The molecule has 2 amide bonds. The van der Waals surface area contributed by atoms with Crippen molar-refractivity contribution in [2.75, 3.05) is 5.32 Å². The molecule has 0 aliphatic heterocycles. The number of hydrogen-bond donors (Lipinski definition) is 3. The van der Waals surface area contributed by atoms with Crippen molar-refractivity contribution in [3.05, 3.63) is 62.6 Å². The lowest BCUT2D eigenvalue weighted by Gasteiger charge is -2.33. The minimum Gasteiger partial charge on any atom is -0.451 e. The number of carbonyl (C=O) groups is 2. The lowest BCUT2D eigenvalue weighted by atomic mass is 9.72. The van der Waals surface area contributed by atoms with Gasteiger partial charge in [0.1, 0.15) is 10.8 Å². The zero-order valence-electron chi connectivity index (χ0n) is 19.2. The van der Waals surface area contributed by atoms with Crippen LogP contribution >= 0.6 is 39.5 Å². The lowest BCUT2D eigenvalue weighted by molar-refractivity contribution is 0.0950. The Balaban J connectivity index is 1.47. The van der Waals surface area contributed by atoms with Crippen molar-refractivity contribution in [2.24, 2.45) is 17.1 Å². The number of halogens is 1. The fourth-order valence-electron chi connectivity index (χ4n) is 4.20. The molecule has 4 rings (SSSR count). The summed E-state index contributed by atoms with van der Waals surface area (Å²) < 4.78 is 6.66. The second-order valence-corrected chi connectivity index (χ2v) is 11.9. The van der Waals surface area contributed by atoms with Gasteiger partial charge in [-0.2, -0.15) is 0 Å². The van der Waals surface area contributed by atoms with Gasteiger partial charge in [-0.15, -0.1) is 11.3 Å². The zero-order chi connectivity index (χ0) is 24.6. The molecule has 34 heavy (non-hydrogen) atoms. The summed E-state index contributed by atoms with van der Waals surface area (Å²) in [7, 11) is 0. The number of thiocarbonyl (C=S) groups is 1. The highest BCUT2D eigenvalue weighted by Gasteiger charge is 2.33. The number of carbonyl (C=O) groups excluding carboxylic acids is 2. The molecular formula is C25H26BrN3O3S2. The summed E-state index contributed by atoms with van der Waals surface area (Å²) in [6.07, 6.45) is 2.71. The Kier molecular flexibility index (Phi) is 6.98. The predicted octanol–water partition coefficient (Wildman–Crippen LogP) is 6.15. The van der Waals surface area contributed by atoms with Crippen molar-refractivity contribution < 1.29 is 14.0 Å². The van der Waals surface area contributed by atoms with Gasteiger partial charge in [-0.25, -0.2) is 0 Å². The van der Waals surface area contributed by atoms with Gasteiger partial charge in [0.25, 0.3) is 11.8 Å². The number of furan rings is 1. The van der Waals surface area contributed by atoms with Gasteiger partial charge in [0, 0.05) is 14.9 Å². The van der Waals surface area contributed by atoms with Gasteiger partial charge in [-0.3, -0.25) is 14.9 Å². The van der Waals surface area contributed by atoms with Crippen LogP contribution in [-0.2, 0) is 12.8 Å². The summed E-state index contributed by atoms with van der Waals surface area (Å²) in [5.74, 6) is 0.268. The first-order valence-corrected chi connectivity index (χ1v) is 13.0. The maximum absolute atomic E-state index is 12.7. The van der Waals surface area contributed by atoms with Crippen LogP contribution in [0.15, 0.2) is 45.3 Å². The van der Waals surface area contributed by atoms with Crippen molar-refractivity contribution in [3.63, 3.8) is 0 Å². The first kappa shape index (κ1) is 24.6. The largest absolute Gasteiger partial charge is 0.451 e. The SMILES string of the molecule is CC(C)(C)[C@H]1CCc2c(sc(NC(=S)NC(=O)c3ccc(-c4ccc(Br)cc4)o3)c2C(N)=O)C1. The third-order valence-corrected chi connectivity index (χ3v) is 8.05. The van der Waals surface area contributed by atoms with Gasteiger partial charge >= 0.3 is 0 Å². The quantitative estimate of drug-likeness (QED) is 0.333. The molecule has 3 aromatic rings. The van der Waals surface area contributed by atoms with Crippen LogP contribution in [0.25, 0.3) is 11.3 Å². The molecule has 2 aromatic heterocycles. The standard InChI is InChI=1S/C25H26BrN3O3S2/c1-25(2,3)14-6-9-16-19(12-14)34-23(20(16)21(27)30)29-24(33)28-22(31)18-11-10-17(32-18)13-4-7-15(26)8-5-13/h4-5,7-8,10-11,14H,6,9,12H2,1-3H3,(H2,27,30)(H2,28,29,31,33)/t14-/m0/s1. The molecule has 0 bridgehead atoms. The monoisotopic (exact) mass is 559 g/mol. The zero-order valence-corrected chi connectivity index (χ0v) is 22.4. The Morgan fingerprint density at radius 3 is 2.53 bits per heavy atom. The number of fused-ring (bicyclic) bond motifs is 1. The van der Waals surface area contributed by atoms with Crippen molar-refractivity contribution in [1.29, 1.82) is 0 Å². The molecule has 1 aliphatic rings. The van der Waals surface area contributed by atoms with E-state index in [0.29, 0.717) is 22.2 Å². The van der Waals surface area contributed by atoms with Crippen LogP contribution in [0.5, 0.6) is 0 Å². The number of hydrogen-bond acceptors (Lipinski definition) is 5. The van der Waals surface area contributed by atoms with Gasteiger partial charge < -0.3 is 15.5 Å². The lowest BCUT2D eigenvalue weighted by Crippen LogP contribution is -2.34. The highest BCUT2D eigenvalue weighted by molar-refractivity contribution is 9.10. The van der Waals surface area contributed by atoms with E-state index in [-0.39, 0.29) is 16.3 Å². The molecule has 1 aliphatic carbocycles. The van der Waals surface area contributed by atoms with Gasteiger partial charge in [0.15, 0.2) is 10.9 Å². The van der Waals surface area contributed by atoms with Crippen LogP contribution in [0.2, 0.25) is 0 Å². The predicted molar refractivity (Wildman–Crippen MR) is 143 cm³/mol. The number of nitrogens with two attached hydrogens (primary N) is 1. The van der Waals surface area contributed by atoms with E-state index in [1.54, 1.807) is 12.1 Å². The number of thiophene rings is 1. The van der Waals surface area contributed by atoms with Gasteiger partial charge in [0.05, 0.1) is 5.56 Å². The molecule has 4 N–H and O–H groups in total. The minimum absolute atomic E-state index is 0.0834. The molecule has 0 fully saturated rings. The number of amides is 2. The van der Waals surface area contributed by atoms with Crippen molar-refractivity contribution in [1.82, 2.24) is 5.32 Å². The average molecular weight is 561 g/mol. The maximum atomic E-state index is 12.7. The van der Waals surface area contributed by atoms with E-state index in [0.717, 1.165) is 39.7 Å². The Morgan fingerprint density at radius 2 is 1.88 bits per heavy atom. The molecule has 178 valence electrons. The highest BCUT2D eigenvalue weighted by Crippen LogP contribution is 2.44. The molecular weight excluding hydrogens is 534 g/mol. The van der Waals surface area contributed by atoms with E-state index in [9.17, 15) is 9.59 Å². The second kappa shape index (κ2) is 9.64. The van der Waals surface area contributed by atoms with Gasteiger partial charge in [-0.05, 0) is 72.6 Å². The van der Waals surface area contributed by atoms with E-state index >= 15 is 0 Å². The van der Waals surface area contributed by atoms with Crippen LogP contribution in [0, 0.1) is 11.3 Å². The first-order valence-electron chi connectivity index (χ1n) is 11.0. The molecule has 0 unspecified atom stereocenters. The third-order valence-electron chi connectivity index (χ3n) is 6.15. The normalized spacial score (nSPS) is 15.5. The van der Waals surface area contributed by atoms with Crippen LogP contribution in [0.1, 0.15) is 58.5 Å². The van der Waals surface area contributed by atoms with Crippen LogP contribution < -0.4 is 16.4 Å². The van der Waals surface area contributed by atoms with E-state index in [4.69, 9.17) is 22.4 Å². The van der Waals surface area contributed by atoms with Crippen LogP contribution in [0.4, 0.5) is 5.00 Å². The Labute approximate surface area is 216 Å². The Morgan fingerprint density at radius 1 is 1.18 bits per heavy atom. The molecule has 6 nitrogen and oxygen atoms in total. The third kappa shape index (κ3) is 5.26. The first-order chi connectivity index (χ1) is 16.0. The van der Waals surface area contributed by atoms with E-state index in [2.05, 4.69) is 47.3 Å². The summed E-state index contributed by atoms with van der Waals surface area (Å²) >= 11 is 10.2.